The van der Waals surface area contributed by atoms with E-state index in [0.29, 0.717) is 29.3 Å². The Hall–Kier alpha value is -3.78. The summed E-state index contributed by atoms with van der Waals surface area (Å²) >= 11 is 6.05. The Morgan fingerprint density at radius 1 is 1.00 bits per heavy atom. The summed E-state index contributed by atoms with van der Waals surface area (Å²) in [4.78, 5) is 17.6. The molecule has 0 radical (unpaired) electrons. The number of benzene rings is 2. The van der Waals surface area contributed by atoms with Crippen LogP contribution in [0.4, 0.5) is 0 Å². The van der Waals surface area contributed by atoms with Gasteiger partial charge in [-0.05, 0) is 41.8 Å². The molecule has 0 unspecified atom stereocenters. The Balaban J connectivity index is 1.63. The third kappa shape index (κ3) is 3.38. The summed E-state index contributed by atoms with van der Waals surface area (Å²) in [7, 11) is 1.61. The third-order valence-electron chi connectivity index (χ3n) is 5.35. The summed E-state index contributed by atoms with van der Waals surface area (Å²) in [5.41, 5.74) is 4.41. The van der Waals surface area contributed by atoms with Crippen LogP contribution < -0.4 is 10.3 Å². The van der Waals surface area contributed by atoms with Gasteiger partial charge in [-0.25, -0.2) is 4.98 Å². The number of hydrogen-bond acceptors (Lipinski definition) is 6. The quantitative estimate of drug-likeness (QED) is 0.408. The summed E-state index contributed by atoms with van der Waals surface area (Å²) in [6, 6.07) is 15.0. The van der Waals surface area contributed by atoms with Crippen molar-refractivity contribution in [3.8, 4) is 16.9 Å². The molecule has 0 saturated heterocycles. The molecule has 0 aliphatic carbocycles. The highest BCUT2D eigenvalue weighted by Crippen LogP contribution is 2.29. The van der Waals surface area contributed by atoms with Crippen molar-refractivity contribution in [1.29, 1.82) is 0 Å². The van der Waals surface area contributed by atoms with Crippen LogP contribution in [0.15, 0.2) is 59.7 Å². The number of halogens is 1. The molecule has 0 aliphatic rings. The molecule has 0 N–H and O–H groups in total. The first-order chi connectivity index (χ1) is 15.6. The first-order valence-corrected chi connectivity index (χ1v) is 10.5. The Morgan fingerprint density at radius 2 is 1.75 bits per heavy atom. The van der Waals surface area contributed by atoms with Gasteiger partial charge in [-0.1, -0.05) is 42.8 Å². The van der Waals surface area contributed by atoms with Crippen molar-refractivity contribution in [2.24, 2.45) is 0 Å². The van der Waals surface area contributed by atoms with Crippen LogP contribution in [0.25, 0.3) is 27.9 Å². The summed E-state index contributed by atoms with van der Waals surface area (Å²) in [6.07, 6.45) is 2.21. The first kappa shape index (κ1) is 20.1. The smallest absolute Gasteiger partial charge is 0.283 e. The number of fused-ring (bicyclic) bond motifs is 3. The van der Waals surface area contributed by atoms with Crippen molar-refractivity contribution in [1.82, 2.24) is 29.4 Å². The van der Waals surface area contributed by atoms with Gasteiger partial charge in [0.05, 0.1) is 24.9 Å². The molecule has 0 fully saturated rings. The van der Waals surface area contributed by atoms with E-state index in [4.69, 9.17) is 16.3 Å². The van der Waals surface area contributed by atoms with Crippen molar-refractivity contribution in [3.63, 3.8) is 0 Å². The maximum atomic E-state index is 13.1. The molecule has 0 spiro atoms. The molecule has 2 aromatic carbocycles. The van der Waals surface area contributed by atoms with E-state index in [9.17, 15) is 4.79 Å². The molecule has 9 heteroatoms. The van der Waals surface area contributed by atoms with Crippen molar-refractivity contribution in [3.05, 3.63) is 81.5 Å². The van der Waals surface area contributed by atoms with Crippen molar-refractivity contribution in [2.75, 3.05) is 7.11 Å². The molecule has 0 bridgehead atoms. The van der Waals surface area contributed by atoms with Crippen LogP contribution in [0.5, 0.6) is 5.75 Å². The molecule has 160 valence electrons. The Morgan fingerprint density at radius 3 is 2.44 bits per heavy atom. The molecule has 0 atom stereocenters. The zero-order chi connectivity index (χ0) is 22.2. The van der Waals surface area contributed by atoms with Crippen LogP contribution in [-0.4, -0.2) is 36.5 Å². The first-order valence-electron chi connectivity index (χ1n) is 10.1. The van der Waals surface area contributed by atoms with Gasteiger partial charge in [0, 0.05) is 5.02 Å². The monoisotopic (exact) mass is 446 g/mol. The highest BCUT2D eigenvalue weighted by atomic mass is 35.5. The van der Waals surface area contributed by atoms with E-state index >= 15 is 0 Å². The highest BCUT2D eigenvalue weighted by molar-refractivity contribution is 6.30. The lowest BCUT2D eigenvalue weighted by Gasteiger charge is -2.07. The molecular weight excluding hydrogens is 428 g/mol. The minimum atomic E-state index is -0.276. The normalized spacial score (nSPS) is 11.3. The number of methoxy groups -OCH3 is 1. The summed E-state index contributed by atoms with van der Waals surface area (Å²) in [6.45, 7) is 2.38. The minimum Gasteiger partial charge on any atom is -0.497 e. The molecular formula is C23H19ClN6O2. The van der Waals surface area contributed by atoms with Crippen LogP contribution in [0.2, 0.25) is 5.02 Å². The molecule has 8 nitrogen and oxygen atoms in total. The third-order valence-corrected chi connectivity index (χ3v) is 5.61. The van der Waals surface area contributed by atoms with Crippen LogP contribution in [0.1, 0.15) is 18.2 Å². The maximum absolute atomic E-state index is 13.1. The lowest BCUT2D eigenvalue weighted by Crippen LogP contribution is -2.23. The standard InChI is InChI=1S/C23H19ClN6O2/c1-3-18-19(15-6-8-16(24)9-7-15)21-27-26-20-22(30(21)28-18)25-13-29(23(20)31)12-14-4-10-17(32-2)11-5-14/h4-11,13H,3,12H2,1-2H3. The topological polar surface area (TPSA) is 87.2 Å². The number of aryl methyl sites for hydroxylation is 1. The molecule has 3 heterocycles. The Kier molecular flexibility index (Phi) is 5.07. The van der Waals surface area contributed by atoms with Crippen molar-refractivity contribution in [2.45, 2.75) is 19.9 Å². The molecule has 0 saturated carbocycles. The SMILES string of the molecule is CCc1nn2c(nnc3c(=O)n(Cc4ccc(OC)cc4)cnc32)c1-c1ccc(Cl)cc1. The molecule has 5 aromatic rings. The van der Waals surface area contributed by atoms with Crippen LogP contribution in [0, 0.1) is 0 Å². The average molecular weight is 447 g/mol. The second kappa shape index (κ2) is 8.05. The van der Waals surface area contributed by atoms with Crippen molar-refractivity contribution < 1.29 is 4.74 Å². The van der Waals surface area contributed by atoms with Gasteiger partial charge in [-0.3, -0.25) is 9.36 Å². The highest BCUT2D eigenvalue weighted by Gasteiger charge is 2.19. The predicted molar refractivity (Wildman–Crippen MR) is 122 cm³/mol. The van der Waals surface area contributed by atoms with E-state index in [-0.39, 0.29) is 11.1 Å². The van der Waals surface area contributed by atoms with E-state index < -0.39 is 0 Å². The lowest BCUT2D eigenvalue weighted by atomic mass is 10.0. The van der Waals surface area contributed by atoms with Gasteiger partial charge in [0.2, 0.25) is 0 Å². The maximum Gasteiger partial charge on any atom is 0.283 e. The molecule has 0 aliphatic heterocycles. The summed E-state index contributed by atoms with van der Waals surface area (Å²) in [5, 5.41) is 13.9. The van der Waals surface area contributed by atoms with Crippen LogP contribution >= 0.6 is 11.6 Å². The van der Waals surface area contributed by atoms with Gasteiger partial charge < -0.3 is 4.74 Å². The van der Waals surface area contributed by atoms with E-state index in [1.165, 1.54) is 10.9 Å². The van der Waals surface area contributed by atoms with Crippen LogP contribution in [0.3, 0.4) is 0 Å². The van der Waals surface area contributed by atoms with Gasteiger partial charge in [0.15, 0.2) is 16.8 Å². The Bertz CT molecular complexity index is 1490. The fourth-order valence-electron chi connectivity index (χ4n) is 3.70. The zero-order valence-corrected chi connectivity index (χ0v) is 18.2. The molecule has 32 heavy (non-hydrogen) atoms. The average Bonchev–Trinajstić information content (AvgIpc) is 3.21. The number of hydrogen-bond donors (Lipinski definition) is 0. The summed E-state index contributed by atoms with van der Waals surface area (Å²) < 4.78 is 8.30. The largest absolute Gasteiger partial charge is 0.497 e. The van der Waals surface area contributed by atoms with Gasteiger partial charge in [-0.15, -0.1) is 10.2 Å². The van der Waals surface area contributed by atoms with Crippen LogP contribution in [-0.2, 0) is 13.0 Å². The second-order valence-corrected chi connectivity index (χ2v) is 7.75. The van der Waals surface area contributed by atoms with Gasteiger partial charge in [0.25, 0.3) is 5.56 Å². The predicted octanol–water partition coefficient (Wildman–Crippen LogP) is 3.77. The Labute approximate surface area is 188 Å². The van der Waals surface area contributed by atoms with Gasteiger partial charge in [0.1, 0.15) is 12.1 Å². The van der Waals surface area contributed by atoms with Gasteiger partial charge in [-0.2, -0.15) is 9.61 Å². The fourth-order valence-corrected chi connectivity index (χ4v) is 3.83. The van der Waals surface area contributed by atoms with E-state index in [1.807, 2.05) is 55.5 Å². The number of nitrogens with zero attached hydrogens (tertiary/aromatic N) is 6. The second-order valence-electron chi connectivity index (χ2n) is 7.32. The number of aromatic nitrogens is 6. The summed E-state index contributed by atoms with van der Waals surface area (Å²) in [5.74, 6) is 0.757. The zero-order valence-electron chi connectivity index (χ0n) is 17.5. The van der Waals surface area contributed by atoms with E-state index in [1.54, 1.807) is 11.6 Å². The van der Waals surface area contributed by atoms with Crippen molar-refractivity contribution >= 4 is 28.4 Å². The van der Waals surface area contributed by atoms with E-state index in [0.717, 1.165) is 28.1 Å². The fraction of sp³-hybridized carbons (Fsp3) is 0.174. The molecule has 5 rings (SSSR count). The van der Waals surface area contributed by atoms with E-state index in [2.05, 4.69) is 20.3 Å². The lowest BCUT2D eigenvalue weighted by molar-refractivity contribution is 0.414. The minimum absolute atomic E-state index is 0.168. The molecule has 0 amide bonds. The molecule has 3 aromatic heterocycles. The number of ether oxygens (including phenoxy) is 1. The number of rotatable bonds is 5. The van der Waals surface area contributed by atoms with Gasteiger partial charge >= 0.3 is 0 Å².